The van der Waals surface area contributed by atoms with E-state index in [0.29, 0.717) is 24.7 Å². The average Bonchev–Trinajstić information content (AvgIpc) is 2.38. The van der Waals surface area contributed by atoms with Gasteiger partial charge < -0.3 is 15.3 Å². The number of nitrogens with one attached hydrogen (secondary N) is 1. The lowest BCUT2D eigenvalue weighted by molar-refractivity contribution is -0.384. The smallest absolute Gasteiger partial charge is 0.276 e. The molecule has 104 valence electrons. The van der Waals surface area contributed by atoms with E-state index in [1.807, 2.05) is 11.8 Å². The largest absolute Gasteiger partial charge is 0.391 e. The molecule has 0 aromatic carbocycles. The predicted octanol–water partition coefficient (Wildman–Crippen LogP) is 1.38. The first-order valence-electron chi connectivity index (χ1n) is 6.43. The van der Waals surface area contributed by atoms with Crippen molar-refractivity contribution in [3.05, 3.63) is 22.2 Å². The number of nitro groups is 1. The van der Waals surface area contributed by atoms with Crippen LogP contribution in [0.1, 0.15) is 19.8 Å². The Morgan fingerprint density at radius 3 is 3.05 bits per heavy atom. The van der Waals surface area contributed by atoms with Crippen molar-refractivity contribution in [3.8, 4) is 0 Å². The molecule has 1 saturated heterocycles. The summed E-state index contributed by atoms with van der Waals surface area (Å²) in [6.07, 6.45) is 1.24. The van der Waals surface area contributed by atoms with Gasteiger partial charge in [-0.15, -0.1) is 0 Å². The lowest BCUT2D eigenvalue weighted by atomic mass is 10.1. The summed E-state index contributed by atoms with van der Waals surface area (Å²) < 4.78 is 0. The Bertz CT molecular complexity index is 466. The van der Waals surface area contributed by atoms with E-state index < -0.39 is 11.0 Å². The molecule has 0 saturated carbocycles. The third-order valence-corrected chi connectivity index (χ3v) is 3.09. The van der Waals surface area contributed by atoms with Crippen molar-refractivity contribution in [2.45, 2.75) is 25.9 Å². The number of aromatic nitrogens is 1. The zero-order chi connectivity index (χ0) is 13.8. The Balaban J connectivity index is 2.29. The minimum absolute atomic E-state index is 0.0148. The van der Waals surface area contributed by atoms with Gasteiger partial charge in [0.25, 0.3) is 5.69 Å². The molecule has 1 unspecified atom stereocenters. The van der Waals surface area contributed by atoms with Gasteiger partial charge >= 0.3 is 0 Å². The molecule has 2 heterocycles. The van der Waals surface area contributed by atoms with Crippen LogP contribution in [0.5, 0.6) is 0 Å². The van der Waals surface area contributed by atoms with Crippen LogP contribution in [0.3, 0.4) is 0 Å². The third-order valence-electron chi connectivity index (χ3n) is 3.09. The first-order valence-corrected chi connectivity index (χ1v) is 6.43. The monoisotopic (exact) mass is 266 g/mol. The number of anilines is 2. The van der Waals surface area contributed by atoms with Crippen LogP contribution in [0.15, 0.2) is 12.1 Å². The van der Waals surface area contributed by atoms with Gasteiger partial charge in [0.15, 0.2) is 0 Å². The number of β-amino-alcohol motifs (C(OH)–C–C–N with tert-alkyl or cyclic N) is 1. The number of rotatable bonds is 4. The fraction of sp³-hybridized carbons (Fsp3) is 0.583. The maximum absolute atomic E-state index is 10.9. The molecule has 1 fully saturated rings. The topological polar surface area (TPSA) is 91.5 Å². The second-order valence-electron chi connectivity index (χ2n) is 4.60. The van der Waals surface area contributed by atoms with Crippen LogP contribution in [-0.2, 0) is 0 Å². The van der Waals surface area contributed by atoms with Crippen molar-refractivity contribution in [1.29, 1.82) is 0 Å². The molecule has 0 radical (unpaired) electrons. The highest BCUT2D eigenvalue weighted by molar-refractivity contribution is 5.56. The molecule has 2 N–H and O–H groups in total. The highest BCUT2D eigenvalue weighted by Crippen LogP contribution is 2.25. The second kappa shape index (κ2) is 5.83. The van der Waals surface area contributed by atoms with Crippen LogP contribution in [0.2, 0.25) is 0 Å². The van der Waals surface area contributed by atoms with Gasteiger partial charge in [-0.05, 0) is 19.8 Å². The minimum Gasteiger partial charge on any atom is -0.391 e. The summed E-state index contributed by atoms with van der Waals surface area (Å²) in [7, 11) is 0. The molecule has 1 aliphatic heterocycles. The van der Waals surface area contributed by atoms with Gasteiger partial charge in [0.2, 0.25) is 0 Å². The molecular weight excluding hydrogens is 248 g/mol. The number of hydrogen-bond acceptors (Lipinski definition) is 6. The van der Waals surface area contributed by atoms with Crippen molar-refractivity contribution in [2.75, 3.05) is 29.9 Å². The molecular formula is C12H18N4O3. The molecule has 7 heteroatoms. The molecule has 19 heavy (non-hydrogen) atoms. The summed E-state index contributed by atoms with van der Waals surface area (Å²) >= 11 is 0. The molecule has 1 aliphatic rings. The van der Waals surface area contributed by atoms with Crippen LogP contribution < -0.4 is 10.2 Å². The molecule has 1 aromatic rings. The van der Waals surface area contributed by atoms with E-state index in [4.69, 9.17) is 0 Å². The summed E-state index contributed by atoms with van der Waals surface area (Å²) in [5.74, 6) is 1.04. The SMILES string of the molecule is CCNc1cc([N+](=O)[O-])cc(N2CCCC(O)C2)n1. The van der Waals surface area contributed by atoms with Crippen molar-refractivity contribution in [2.24, 2.45) is 0 Å². The summed E-state index contributed by atoms with van der Waals surface area (Å²) in [6.45, 7) is 3.79. The van der Waals surface area contributed by atoms with Crippen LogP contribution in [0.4, 0.5) is 17.3 Å². The van der Waals surface area contributed by atoms with Gasteiger partial charge in [-0.1, -0.05) is 0 Å². The highest BCUT2D eigenvalue weighted by Gasteiger charge is 2.21. The van der Waals surface area contributed by atoms with Gasteiger partial charge in [-0.2, -0.15) is 0 Å². The molecule has 1 aromatic heterocycles. The quantitative estimate of drug-likeness (QED) is 0.632. The van der Waals surface area contributed by atoms with E-state index in [1.54, 1.807) is 0 Å². The predicted molar refractivity (Wildman–Crippen MR) is 72.5 cm³/mol. The lowest BCUT2D eigenvalue weighted by Gasteiger charge is -2.31. The van der Waals surface area contributed by atoms with Crippen molar-refractivity contribution >= 4 is 17.3 Å². The van der Waals surface area contributed by atoms with E-state index in [-0.39, 0.29) is 5.69 Å². The van der Waals surface area contributed by atoms with Crippen LogP contribution in [-0.4, -0.2) is 40.8 Å². The van der Waals surface area contributed by atoms with Crippen molar-refractivity contribution in [3.63, 3.8) is 0 Å². The van der Waals surface area contributed by atoms with E-state index in [9.17, 15) is 15.2 Å². The average molecular weight is 266 g/mol. The van der Waals surface area contributed by atoms with Gasteiger partial charge in [-0.25, -0.2) is 4.98 Å². The fourth-order valence-electron chi connectivity index (χ4n) is 2.20. The normalized spacial score (nSPS) is 19.3. The Kier molecular flexibility index (Phi) is 4.16. The third kappa shape index (κ3) is 3.31. The molecule has 1 atom stereocenters. The Morgan fingerprint density at radius 1 is 1.63 bits per heavy atom. The number of aliphatic hydroxyl groups excluding tert-OH is 1. The molecule has 0 bridgehead atoms. The molecule has 0 spiro atoms. The Labute approximate surface area is 111 Å². The van der Waals surface area contributed by atoms with Gasteiger partial charge in [0.05, 0.1) is 23.2 Å². The fourth-order valence-corrected chi connectivity index (χ4v) is 2.20. The maximum atomic E-state index is 10.9. The molecule has 0 amide bonds. The molecule has 7 nitrogen and oxygen atoms in total. The van der Waals surface area contributed by atoms with Crippen LogP contribution in [0, 0.1) is 10.1 Å². The lowest BCUT2D eigenvalue weighted by Crippen LogP contribution is -2.38. The van der Waals surface area contributed by atoms with Crippen molar-refractivity contribution in [1.82, 2.24) is 4.98 Å². The van der Waals surface area contributed by atoms with E-state index in [1.165, 1.54) is 12.1 Å². The summed E-state index contributed by atoms with van der Waals surface area (Å²) in [5.41, 5.74) is 0.0148. The highest BCUT2D eigenvalue weighted by atomic mass is 16.6. The van der Waals surface area contributed by atoms with Gasteiger partial charge in [0.1, 0.15) is 11.6 Å². The summed E-state index contributed by atoms with van der Waals surface area (Å²) in [6, 6.07) is 2.88. The van der Waals surface area contributed by atoms with E-state index >= 15 is 0 Å². The second-order valence-corrected chi connectivity index (χ2v) is 4.60. The standard InChI is InChI=1S/C12H18N4O3/c1-2-13-11-6-9(16(18)19)7-12(14-11)15-5-3-4-10(17)8-15/h6-7,10,17H,2-5,8H2,1H3,(H,13,14). The van der Waals surface area contributed by atoms with E-state index in [2.05, 4.69) is 10.3 Å². The van der Waals surface area contributed by atoms with Crippen LogP contribution in [0.25, 0.3) is 0 Å². The first kappa shape index (κ1) is 13.5. The molecule has 2 rings (SSSR count). The zero-order valence-electron chi connectivity index (χ0n) is 10.9. The number of nitrogens with zero attached hydrogens (tertiary/aromatic N) is 3. The summed E-state index contributed by atoms with van der Waals surface area (Å²) in [4.78, 5) is 16.8. The van der Waals surface area contributed by atoms with Gasteiger partial charge in [-0.3, -0.25) is 10.1 Å². The first-order chi connectivity index (χ1) is 9.10. The number of piperidine rings is 1. The molecule has 0 aliphatic carbocycles. The number of hydrogen-bond donors (Lipinski definition) is 2. The maximum Gasteiger partial charge on any atom is 0.276 e. The van der Waals surface area contributed by atoms with Gasteiger partial charge in [0, 0.05) is 19.6 Å². The van der Waals surface area contributed by atoms with Crippen molar-refractivity contribution < 1.29 is 10.0 Å². The number of pyridine rings is 1. The number of aliphatic hydroxyl groups is 1. The summed E-state index contributed by atoms with van der Waals surface area (Å²) in [5, 5.41) is 23.6. The Hall–Kier alpha value is -1.89. The minimum atomic E-state index is -0.424. The van der Waals surface area contributed by atoms with E-state index in [0.717, 1.165) is 19.4 Å². The van der Waals surface area contributed by atoms with Crippen LogP contribution >= 0.6 is 0 Å². The Morgan fingerprint density at radius 2 is 2.42 bits per heavy atom. The zero-order valence-corrected chi connectivity index (χ0v) is 10.9.